The summed E-state index contributed by atoms with van der Waals surface area (Å²) < 4.78 is 9.11. The minimum absolute atomic E-state index is 0.917. The molecule has 10 aromatic carbocycles. The van der Waals surface area contributed by atoms with E-state index in [0.717, 1.165) is 44.6 Å². The van der Waals surface area contributed by atoms with Crippen molar-refractivity contribution in [3.05, 3.63) is 237 Å². The van der Waals surface area contributed by atoms with Crippen LogP contribution in [0.25, 0.3) is 97.7 Å². The number of fused-ring (bicyclic) bond motifs is 7. The van der Waals surface area contributed by atoms with E-state index in [4.69, 9.17) is 4.42 Å². The third-order valence-corrected chi connectivity index (χ3v) is 13.4. The summed E-state index contributed by atoms with van der Waals surface area (Å²) >= 11 is 1.83. The quantitative estimate of drug-likeness (QED) is 0.152. The van der Waals surface area contributed by atoms with E-state index in [-0.39, 0.29) is 0 Å². The Labute approximate surface area is 370 Å². The van der Waals surface area contributed by atoms with Gasteiger partial charge in [0.05, 0.1) is 0 Å². The fourth-order valence-corrected chi connectivity index (χ4v) is 10.3. The van der Waals surface area contributed by atoms with Gasteiger partial charge in [0.15, 0.2) is 0 Å². The van der Waals surface area contributed by atoms with E-state index >= 15 is 0 Å². The van der Waals surface area contributed by atoms with Gasteiger partial charge in [-0.05, 0) is 116 Å². The van der Waals surface area contributed by atoms with Crippen molar-refractivity contribution >= 4 is 70.5 Å². The van der Waals surface area contributed by atoms with Crippen LogP contribution in [-0.4, -0.2) is 0 Å². The van der Waals surface area contributed by atoms with Crippen LogP contribution in [0.3, 0.4) is 0 Å². The molecule has 12 aromatic rings. The van der Waals surface area contributed by atoms with Crippen LogP contribution in [0, 0.1) is 0 Å². The smallest absolute Gasteiger partial charge is 0.144 e. The van der Waals surface area contributed by atoms with Gasteiger partial charge in [-0.15, -0.1) is 11.3 Å². The highest BCUT2D eigenvalue weighted by Gasteiger charge is 2.19. The van der Waals surface area contributed by atoms with Crippen molar-refractivity contribution in [2.75, 3.05) is 4.90 Å². The maximum absolute atomic E-state index is 6.63. The van der Waals surface area contributed by atoms with E-state index in [2.05, 4.69) is 235 Å². The fourth-order valence-electron chi connectivity index (χ4n) is 9.16. The predicted octanol–water partition coefficient (Wildman–Crippen LogP) is 17.8. The molecule has 0 unspecified atom stereocenters. The average molecular weight is 822 g/mol. The highest BCUT2D eigenvalue weighted by atomic mass is 32.1. The molecule has 2 aromatic heterocycles. The van der Waals surface area contributed by atoms with Crippen molar-refractivity contribution in [2.45, 2.75) is 0 Å². The third kappa shape index (κ3) is 6.67. The highest BCUT2D eigenvalue weighted by Crippen LogP contribution is 2.46. The molecule has 0 radical (unpaired) electrons. The first-order chi connectivity index (χ1) is 31.2. The van der Waals surface area contributed by atoms with Crippen LogP contribution in [-0.2, 0) is 0 Å². The maximum Gasteiger partial charge on any atom is 0.144 e. The van der Waals surface area contributed by atoms with Crippen molar-refractivity contribution in [1.82, 2.24) is 0 Å². The van der Waals surface area contributed by atoms with Crippen molar-refractivity contribution in [1.29, 1.82) is 0 Å². The van der Waals surface area contributed by atoms with Gasteiger partial charge in [0.1, 0.15) is 11.2 Å². The van der Waals surface area contributed by atoms with Gasteiger partial charge in [-0.1, -0.05) is 176 Å². The summed E-state index contributed by atoms with van der Waals surface area (Å²) in [7, 11) is 0. The lowest BCUT2D eigenvalue weighted by Crippen LogP contribution is -2.10. The Morgan fingerprint density at radius 2 is 0.762 bits per heavy atom. The summed E-state index contributed by atoms with van der Waals surface area (Å²) in [6, 6.07) is 85.3. The molecule has 0 bridgehead atoms. The molecular formula is C60H39NOS. The first-order valence-corrected chi connectivity index (χ1v) is 22.2. The van der Waals surface area contributed by atoms with Gasteiger partial charge in [0.2, 0.25) is 0 Å². The Balaban J connectivity index is 0.950. The maximum atomic E-state index is 6.63. The second-order valence-corrected chi connectivity index (χ2v) is 17.1. The number of rotatable bonds is 8. The number of benzene rings is 10. The van der Waals surface area contributed by atoms with Gasteiger partial charge in [-0.2, -0.15) is 0 Å². The summed E-state index contributed by atoms with van der Waals surface area (Å²) in [5.74, 6) is 0. The number of furan rings is 1. The molecule has 0 fully saturated rings. The van der Waals surface area contributed by atoms with Crippen molar-refractivity contribution < 1.29 is 4.42 Å². The number of anilines is 3. The molecule has 0 atom stereocenters. The van der Waals surface area contributed by atoms with Crippen LogP contribution in [0.15, 0.2) is 241 Å². The van der Waals surface area contributed by atoms with Crippen molar-refractivity contribution in [3.8, 4) is 55.6 Å². The molecule has 2 nitrogen and oxygen atoms in total. The number of thiophene rings is 1. The van der Waals surface area contributed by atoms with Gasteiger partial charge < -0.3 is 9.32 Å². The Morgan fingerprint density at radius 1 is 0.302 bits per heavy atom. The lowest BCUT2D eigenvalue weighted by molar-refractivity contribution is 0.673. The lowest BCUT2D eigenvalue weighted by atomic mass is 9.97. The Morgan fingerprint density at radius 3 is 1.33 bits per heavy atom. The summed E-state index contributed by atoms with van der Waals surface area (Å²) in [6.07, 6.45) is 0. The van der Waals surface area contributed by atoms with Crippen LogP contribution in [0.2, 0.25) is 0 Å². The zero-order chi connectivity index (χ0) is 41.7. The number of para-hydroxylation sites is 1. The third-order valence-electron chi connectivity index (χ3n) is 12.3. The van der Waals surface area contributed by atoms with Gasteiger partial charge in [0.25, 0.3) is 0 Å². The molecule has 0 amide bonds. The fraction of sp³-hybridized carbons (Fsp3) is 0. The monoisotopic (exact) mass is 821 g/mol. The van der Waals surface area contributed by atoms with E-state index in [1.807, 2.05) is 17.4 Å². The summed E-state index contributed by atoms with van der Waals surface area (Å²) in [5, 5.41) is 4.71. The van der Waals surface area contributed by atoms with Crippen molar-refractivity contribution in [2.24, 2.45) is 0 Å². The number of hydrogen-bond donors (Lipinski definition) is 0. The topological polar surface area (TPSA) is 16.4 Å². The molecule has 0 aliphatic heterocycles. The van der Waals surface area contributed by atoms with E-state index in [1.165, 1.54) is 70.2 Å². The molecule has 0 aliphatic carbocycles. The van der Waals surface area contributed by atoms with Crippen LogP contribution in [0.4, 0.5) is 17.1 Å². The van der Waals surface area contributed by atoms with Gasteiger partial charge in [-0.3, -0.25) is 0 Å². The Hall–Kier alpha value is -7.98. The first kappa shape index (κ1) is 36.8. The molecule has 296 valence electrons. The molecule has 0 aliphatic rings. The van der Waals surface area contributed by atoms with Crippen molar-refractivity contribution in [3.63, 3.8) is 0 Å². The molecule has 0 saturated carbocycles. The molecule has 0 saturated heterocycles. The molecule has 12 rings (SSSR count). The van der Waals surface area contributed by atoms with E-state index in [1.54, 1.807) is 0 Å². The lowest BCUT2D eigenvalue weighted by Gasteiger charge is -2.26. The minimum Gasteiger partial charge on any atom is -0.455 e. The first-order valence-electron chi connectivity index (χ1n) is 21.4. The summed E-state index contributed by atoms with van der Waals surface area (Å²) in [5.41, 5.74) is 17.1. The molecule has 0 spiro atoms. The minimum atomic E-state index is 0.917. The number of hydrogen-bond acceptors (Lipinski definition) is 3. The van der Waals surface area contributed by atoms with Crippen LogP contribution < -0.4 is 4.90 Å². The normalized spacial score (nSPS) is 11.5. The predicted molar refractivity (Wildman–Crippen MR) is 268 cm³/mol. The van der Waals surface area contributed by atoms with E-state index < -0.39 is 0 Å². The summed E-state index contributed by atoms with van der Waals surface area (Å²) in [4.78, 5) is 2.37. The molecule has 63 heavy (non-hydrogen) atoms. The number of nitrogens with zero attached hydrogens (tertiary/aromatic N) is 1. The Bertz CT molecular complexity index is 3440. The summed E-state index contributed by atoms with van der Waals surface area (Å²) in [6.45, 7) is 0. The Kier molecular flexibility index (Phi) is 9.06. The second kappa shape index (κ2) is 15.5. The SMILES string of the molecule is c1ccc(-c2ccc(-c3ccc(N(c4ccc(-c5ccc(-c6ccccc6)cc5)cc4)c4cccc(-c5cccc6sc7ccc8c9ccccc9oc8c7c56)c4)cc3)cc2)cc1. The van der Waals surface area contributed by atoms with Crippen LogP contribution in [0.5, 0.6) is 0 Å². The second-order valence-electron chi connectivity index (χ2n) is 16.1. The average Bonchev–Trinajstić information content (AvgIpc) is 3.94. The highest BCUT2D eigenvalue weighted by molar-refractivity contribution is 7.26. The van der Waals surface area contributed by atoms with E-state index in [0.29, 0.717) is 0 Å². The van der Waals surface area contributed by atoms with Crippen LogP contribution in [0.1, 0.15) is 0 Å². The molecule has 3 heteroatoms. The standard InChI is InChI=1S/C60H39NOS/c1-3-11-40(12-4-1)42-21-25-44(26-22-42)46-29-33-49(34-30-46)61(50-35-31-47(32-36-50)45-27-23-43(24-28-45)41-13-5-2-6-14-41)51-16-9-15-48(39-51)52-18-10-20-56-58(52)59-57(63-56)38-37-54-53-17-7-8-19-55(53)62-60(54)59/h1-39H. The molecular weight excluding hydrogens is 783 g/mol. The molecule has 2 heterocycles. The van der Waals surface area contributed by atoms with Gasteiger partial charge in [-0.25, -0.2) is 0 Å². The van der Waals surface area contributed by atoms with Gasteiger partial charge in [0, 0.05) is 48.0 Å². The molecule has 0 N–H and O–H groups in total. The van der Waals surface area contributed by atoms with Gasteiger partial charge >= 0.3 is 0 Å². The zero-order valence-electron chi connectivity index (χ0n) is 34.3. The largest absolute Gasteiger partial charge is 0.455 e. The zero-order valence-corrected chi connectivity index (χ0v) is 35.1. The van der Waals surface area contributed by atoms with E-state index in [9.17, 15) is 0 Å². The van der Waals surface area contributed by atoms with Crippen LogP contribution >= 0.6 is 11.3 Å².